The Morgan fingerprint density at radius 2 is 2.09 bits per heavy atom. The molecule has 4 heteroatoms. The van der Waals surface area contributed by atoms with Crippen LogP contribution in [-0.4, -0.2) is 24.1 Å². The van der Waals surface area contributed by atoms with Crippen LogP contribution in [0.5, 0.6) is 0 Å². The number of carbonyl (C=O) groups is 1. The Bertz CT molecular complexity index is 617. The fourth-order valence-electron chi connectivity index (χ4n) is 1.99. The smallest absolute Gasteiger partial charge is 0.152 e. The van der Waals surface area contributed by atoms with E-state index >= 15 is 0 Å². The zero-order valence-electron chi connectivity index (χ0n) is 13.1. The Labute approximate surface area is 131 Å². The topological polar surface area (TPSA) is 32.7 Å². The molecule has 0 amide bonds. The van der Waals surface area contributed by atoms with Crippen molar-refractivity contribution in [3.8, 4) is 0 Å². The van der Waals surface area contributed by atoms with Crippen molar-refractivity contribution in [2.45, 2.75) is 19.8 Å². The van der Waals surface area contributed by atoms with E-state index in [1.807, 2.05) is 13.0 Å². The summed E-state index contributed by atoms with van der Waals surface area (Å²) in [5, 5.41) is 0. The van der Waals surface area contributed by atoms with E-state index < -0.39 is 5.83 Å². The summed E-state index contributed by atoms with van der Waals surface area (Å²) in [6.07, 6.45) is 5.29. The number of aliphatic imine (C=N–C) groups is 1. The van der Waals surface area contributed by atoms with Crippen molar-refractivity contribution in [3.63, 3.8) is 0 Å². The number of carbonyl (C=O) groups excluding carboxylic acids is 1. The molecular weight excluding hydrogens is 279 g/mol. The lowest BCUT2D eigenvalue weighted by Gasteiger charge is -2.23. The molecule has 0 saturated heterocycles. The number of hydrogen-bond donors (Lipinski definition) is 0. The minimum absolute atomic E-state index is 0.297. The van der Waals surface area contributed by atoms with E-state index in [0.29, 0.717) is 29.2 Å². The highest BCUT2D eigenvalue weighted by molar-refractivity contribution is 5.90. The molecule has 1 aromatic rings. The summed E-state index contributed by atoms with van der Waals surface area (Å²) in [7, 11) is 1.72. The van der Waals surface area contributed by atoms with Crippen molar-refractivity contribution in [2.75, 3.05) is 7.05 Å². The van der Waals surface area contributed by atoms with Gasteiger partial charge in [0.2, 0.25) is 0 Å². The molecule has 0 spiro atoms. The molecule has 0 heterocycles. The van der Waals surface area contributed by atoms with Gasteiger partial charge in [0.25, 0.3) is 0 Å². The van der Waals surface area contributed by atoms with Crippen molar-refractivity contribution in [1.82, 2.24) is 4.90 Å². The third kappa shape index (κ3) is 4.52. The van der Waals surface area contributed by atoms with Crippen LogP contribution in [-0.2, 0) is 0 Å². The molecule has 0 aliphatic rings. The van der Waals surface area contributed by atoms with Crippen LogP contribution in [0.1, 0.15) is 30.1 Å². The SMILES string of the molecule is C=C/C=C(\C(=C)F)N(C)C(CCC)=Nc1ccccc1C=O. The maximum atomic E-state index is 13.6. The number of benzene rings is 1. The fraction of sp³-hybridized carbons (Fsp3) is 0.222. The third-order valence-corrected chi connectivity index (χ3v) is 3.09. The Balaban J connectivity index is 3.30. The lowest BCUT2D eigenvalue weighted by Crippen LogP contribution is -2.26. The third-order valence-electron chi connectivity index (χ3n) is 3.09. The molecule has 0 N–H and O–H groups in total. The van der Waals surface area contributed by atoms with Gasteiger partial charge in [0.1, 0.15) is 11.7 Å². The van der Waals surface area contributed by atoms with Gasteiger partial charge in [-0.3, -0.25) is 4.79 Å². The van der Waals surface area contributed by atoms with E-state index in [1.54, 1.807) is 36.2 Å². The van der Waals surface area contributed by atoms with Crippen LogP contribution in [0.2, 0.25) is 0 Å². The van der Waals surface area contributed by atoms with Crippen molar-refractivity contribution in [2.24, 2.45) is 4.99 Å². The van der Waals surface area contributed by atoms with Crippen molar-refractivity contribution >= 4 is 17.8 Å². The molecule has 0 saturated carbocycles. The summed E-state index contributed by atoms with van der Waals surface area (Å²) in [5.74, 6) is 0.0959. The van der Waals surface area contributed by atoms with E-state index in [0.717, 1.165) is 12.7 Å². The first-order chi connectivity index (χ1) is 10.5. The molecule has 0 aliphatic carbocycles. The molecule has 0 bridgehead atoms. The predicted molar refractivity (Wildman–Crippen MR) is 90.1 cm³/mol. The van der Waals surface area contributed by atoms with Crippen LogP contribution in [0.15, 0.2) is 66.1 Å². The summed E-state index contributed by atoms with van der Waals surface area (Å²) in [6, 6.07) is 7.04. The maximum Gasteiger partial charge on any atom is 0.152 e. The maximum absolute atomic E-state index is 13.6. The van der Waals surface area contributed by atoms with E-state index in [9.17, 15) is 9.18 Å². The summed E-state index contributed by atoms with van der Waals surface area (Å²) < 4.78 is 13.6. The molecule has 0 fully saturated rings. The number of halogens is 1. The zero-order valence-corrected chi connectivity index (χ0v) is 13.1. The van der Waals surface area contributed by atoms with Crippen molar-refractivity contribution in [3.05, 3.63) is 66.7 Å². The summed E-state index contributed by atoms with van der Waals surface area (Å²) >= 11 is 0. The second-order valence-corrected chi connectivity index (χ2v) is 4.71. The average Bonchev–Trinajstić information content (AvgIpc) is 2.51. The number of nitrogens with zero attached hydrogens (tertiary/aromatic N) is 2. The van der Waals surface area contributed by atoms with Crippen LogP contribution >= 0.6 is 0 Å². The van der Waals surface area contributed by atoms with E-state index in [2.05, 4.69) is 18.2 Å². The number of aldehydes is 1. The van der Waals surface area contributed by atoms with E-state index in [-0.39, 0.29) is 0 Å². The van der Waals surface area contributed by atoms with Gasteiger partial charge in [0, 0.05) is 19.0 Å². The quantitative estimate of drug-likeness (QED) is 0.313. The molecule has 0 unspecified atom stereocenters. The predicted octanol–water partition coefficient (Wildman–Crippen LogP) is 4.81. The molecule has 1 aromatic carbocycles. The first-order valence-electron chi connectivity index (χ1n) is 7.08. The van der Waals surface area contributed by atoms with Crippen LogP contribution in [0.4, 0.5) is 10.1 Å². The van der Waals surface area contributed by atoms with Gasteiger partial charge >= 0.3 is 0 Å². The standard InChI is InChI=1S/C18H21FN2O/c1-5-9-17(14(3)19)21(4)18(10-6-2)20-16-12-8-7-11-15(16)13-22/h5,7-9,11-13H,1,3,6,10H2,2,4H3/b17-9+,20-18?. The van der Waals surface area contributed by atoms with Gasteiger partial charge in [0.15, 0.2) is 6.29 Å². The van der Waals surface area contributed by atoms with Gasteiger partial charge in [-0.25, -0.2) is 9.38 Å². The highest BCUT2D eigenvalue weighted by atomic mass is 19.1. The molecule has 1 rings (SSSR count). The normalized spacial score (nSPS) is 12.0. The molecule has 0 radical (unpaired) electrons. The fourth-order valence-corrected chi connectivity index (χ4v) is 1.99. The number of amidine groups is 1. The zero-order chi connectivity index (χ0) is 16.5. The number of hydrogen-bond acceptors (Lipinski definition) is 2. The number of likely N-dealkylation sites (N-methyl/N-ethyl adjacent to an activating group) is 1. The summed E-state index contributed by atoms with van der Waals surface area (Å²) in [4.78, 5) is 17.3. The van der Waals surface area contributed by atoms with E-state index in [1.165, 1.54) is 6.08 Å². The Kier molecular flexibility index (Phi) is 6.96. The van der Waals surface area contributed by atoms with E-state index in [4.69, 9.17) is 0 Å². The largest absolute Gasteiger partial charge is 0.331 e. The van der Waals surface area contributed by atoms with Crippen LogP contribution < -0.4 is 0 Å². The monoisotopic (exact) mass is 300 g/mol. The Morgan fingerprint density at radius 1 is 1.41 bits per heavy atom. The molecule has 0 aromatic heterocycles. The second-order valence-electron chi connectivity index (χ2n) is 4.71. The van der Waals surface area contributed by atoms with Crippen molar-refractivity contribution < 1.29 is 9.18 Å². The lowest BCUT2D eigenvalue weighted by atomic mass is 10.2. The van der Waals surface area contributed by atoms with Gasteiger partial charge in [0.05, 0.1) is 11.4 Å². The highest BCUT2D eigenvalue weighted by Gasteiger charge is 2.14. The summed E-state index contributed by atoms with van der Waals surface area (Å²) in [6.45, 7) is 8.94. The molecular formula is C18H21FN2O. The Hall–Kier alpha value is -2.49. The first-order valence-corrected chi connectivity index (χ1v) is 7.08. The van der Waals surface area contributed by atoms with Gasteiger partial charge in [-0.05, 0) is 24.6 Å². The molecule has 0 atom stereocenters. The molecule has 3 nitrogen and oxygen atoms in total. The molecule has 0 aliphatic heterocycles. The second kappa shape index (κ2) is 8.72. The molecule has 116 valence electrons. The minimum Gasteiger partial charge on any atom is -0.331 e. The number of allylic oxidation sites excluding steroid dienone is 3. The van der Waals surface area contributed by atoms with Gasteiger partial charge in [-0.15, -0.1) is 0 Å². The van der Waals surface area contributed by atoms with Crippen LogP contribution in [0.3, 0.4) is 0 Å². The van der Waals surface area contributed by atoms with Gasteiger partial charge in [-0.2, -0.15) is 0 Å². The highest BCUT2D eigenvalue weighted by Crippen LogP contribution is 2.21. The van der Waals surface area contributed by atoms with Crippen molar-refractivity contribution in [1.29, 1.82) is 0 Å². The first kappa shape index (κ1) is 17.6. The van der Waals surface area contributed by atoms with Gasteiger partial charge in [-0.1, -0.05) is 38.3 Å². The minimum atomic E-state index is -0.560. The summed E-state index contributed by atoms with van der Waals surface area (Å²) in [5.41, 5.74) is 1.36. The van der Waals surface area contributed by atoms with Crippen LogP contribution in [0.25, 0.3) is 0 Å². The average molecular weight is 300 g/mol. The van der Waals surface area contributed by atoms with Crippen LogP contribution in [0, 0.1) is 0 Å². The number of rotatable bonds is 7. The number of para-hydroxylation sites is 1. The lowest BCUT2D eigenvalue weighted by molar-refractivity contribution is 0.112. The van der Waals surface area contributed by atoms with Gasteiger partial charge < -0.3 is 4.90 Å². The molecule has 22 heavy (non-hydrogen) atoms. The Morgan fingerprint density at radius 3 is 2.64 bits per heavy atom.